The fourth-order valence-electron chi connectivity index (χ4n) is 2.39. The molecule has 0 atom stereocenters. The highest BCUT2D eigenvalue weighted by atomic mass is 16.5. The number of morpholine rings is 1. The summed E-state index contributed by atoms with van der Waals surface area (Å²) in [5.74, 6) is 6.14. The van der Waals surface area contributed by atoms with Gasteiger partial charge in [0, 0.05) is 24.5 Å². The van der Waals surface area contributed by atoms with E-state index in [0.29, 0.717) is 18.8 Å². The van der Waals surface area contributed by atoms with Crippen LogP contribution in [0.2, 0.25) is 0 Å². The summed E-state index contributed by atoms with van der Waals surface area (Å²) >= 11 is 0. The Balaban J connectivity index is 1.46. The van der Waals surface area contributed by atoms with Crippen molar-refractivity contribution in [2.75, 3.05) is 39.5 Å². The highest BCUT2D eigenvalue weighted by Gasteiger charge is 2.07. The lowest BCUT2D eigenvalue weighted by molar-refractivity contribution is 0.0443. The molecular weight excluding hydrogens is 294 g/mol. The lowest BCUT2D eigenvalue weighted by Crippen LogP contribution is -2.36. The van der Waals surface area contributed by atoms with Crippen LogP contribution in [0.4, 0.5) is 0 Å². The van der Waals surface area contributed by atoms with E-state index >= 15 is 0 Å². The molecular formula is C18H19NO4. The van der Waals surface area contributed by atoms with E-state index in [1.165, 1.54) is 6.07 Å². The largest absolute Gasteiger partial charge is 0.423 e. The van der Waals surface area contributed by atoms with Crippen LogP contribution in [0.5, 0.6) is 0 Å². The van der Waals surface area contributed by atoms with Gasteiger partial charge in [0.15, 0.2) is 0 Å². The van der Waals surface area contributed by atoms with E-state index in [1.54, 1.807) is 6.07 Å². The minimum atomic E-state index is -0.343. The van der Waals surface area contributed by atoms with Crippen LogP contribution in [0.15, 0.2) is 39.5 Å². The SMILES string of the molecule is O=c1ccc2ccc(COCC#CCN3CCOCC3)cc2o1. The van der Waals surface area contributed by atoms with Gasteiger partial charge in [-0.1, -0.05) is 24.0 Å². The summed E-state index contributed by atoms with van der Waals surface area (Å²) in [6, 6.07) is 8.88. The Morgan fingerprint density at radius 1 is 1.13 bits per heavy atom. The molecule has 0 aliphatic carbocycles. The van der Waals surface area contributed by atoms with E-state index in [-0.39, 0.29) is 5.63 Å². The highest BCUT2D eigenvalue weighted by Crippen LogP contribution is 2.14. The van der Waals surface area contributed by atoms with Gasteiger partial charge in [0.2, 0.25) is 0 Å². The van der Waals surface area contributed by atoms with Crippen LogP contribution in [-0.4, -0.2) is 44.4 Å². The van der Waals surface area contributed by atoms with Crippen LogP contribution in [0.1, 0.15) is 5.56 Å². The maximum atomic E-state index is 11.2. The first-order valence-electron chi connectivity index (χ1n) is 7.68. The first-order valence-corrected chi connectivity index (χ1v) is 7.68. The molecule has 0 N–H and O–H groups in total. The van der Waals surface area contributed by atoms with Crippen LogP contribution >= 0.6 is 0 Å². The number of ether oxygens (including phenoxy) is 2. The number of rotatable bonds is 4. The Hall–Kier alpha value is -2.13. The van der Waals surface area contributed by atoms with Crippen molar-refractivity contribution in [3.05, 3.63) is 46.3 Å². The average molecular weight is 313 g/mol. The van der Waals surface area contributed by atoms with E-state index < -0.39 is 0 Å². The van der Waals surface area contributed by atoms with Gasteiger partial charge in [0.05, 0.1) is 26.4 Å². The van der Waals surface area contributed by atoms with Crippen LogP contribution in [0.3, 0.4) is 0 Å². The van der Waals surface area contributed by atoms with E-state index in [2.05, 4.69) is 16.7 Å². The van der Waals surface area contributed by atoms with Gasteiger partial charge in [0.1, 0.15) is 12.2 Å². The number of hydrogen-bond donors (Lipinski definition) is 0. The normalized spacial score (nSPS) is 15.3. The highest BCUT2D eigenvalue weighted by molar-refractivity contribution is 5.76. The Morgan fingerprint density at radius 2 is 1.96 bits per heavy atom. The topological polar surface area (TPSA) is 51.9 Å². The molecule has 1 saturated heterocycles. The van der Waals surface area contributed by atoms with Gasteiger partial charge in [0.25, 0.3) is 0 Å². The molecule has 1 aromatic carbocycles. The molecule has 1 aliphatic heterocycles. The van der Waals surface area contributed by atoms with Gasteiger partial charge in [-0.25, -0.2) is 4.79 Å². The van der Waals surface area contributed by atoms with Crippen molar-refractivity contribution in [1.29, 1.82) is 0 Å². The molecule has 1 fully saturated rings. The molecule has 2 aromatic rings. The molecule has 2 heterocycles. The predicted molar refractivity (Wildman–Crippen MR) is 87.2 cm³/mol. The third-order valence-electron chi connectivity index (χ3n) is 3.66. The Kier molecular flexibility index (Phi) is 5.43. The average Bonchev–Trinajstić information content (AvgIpc) is 2.58. The van der Waals surface area contributed by atoms with Crippen molar-refractivity contribution in [2.24, 2.45) is 0 Å². The molecule has 0 unspecified atom stereocenters. The third kappa shape index (κ3) is 4.67. The van der Waals surface area contributed by atoms with E-state index in [0.717, 1.165) is 43.8 Å². The van der Waals surface area contributed by atoms with E-state index in [1.807, 2.05) is 18.2 Å². The summed E-state index contributed by atoms with van der Waals surface area (Å²) in [6.07, 6.45) is 0. The molecule has 0 amide bonds. The maximum absolute atomic E-state index is 11.2. The molecule has 0 spiro atoms. The smallest absolute Gasteiger partial charge is 0.336 e. The van der Waals surface area contributed by atoms with Gasteiger partial charge >= 0.3 is 5.63 Å². The molecule has 1 aliphatic rings. The lowest BCUT2D eigenvalue weighted by atomic mass is 10.1. The molecule has 23 heavy (non-hydrogen) atoms. The molecule has 0 radical (unpaired) electrons. The second-order valence-corrected chi connectivity index (χ2v) is 5.36. The van der Waals surface area contributed by atoms with Crippen molar-refractivity contribution in [3.63, 3.8) is 0 Å². The van der Waals surface area contributed by atoms with Crippen molar-refractivity contribution >= 4 is 11.0 Å². The quantitative estimate of drug-likeness (QED) is 0.488. The van der Waals surface area contributed by atoms with Crippen LogP contribution < -0.4 is 5.63 Å². The summed E-state index contributed by atoms with van der Waals surface area (Å²) in [4.78, 5) is 13.5. The van der Waals surface area contributed by atoms with Gasteiger partial charge in [-0.3, -0.25) is 4.90 Å². The zero-order valence-corrected chi connectivity index (χ0v) is 12.9. The van der Waals surface area contributed by atoms with Gasteiger partial charge < -0.3 is 13.9 Å². The molecule has 0 saturated carbocycles. The zero-order chi connectivity index (χ0) is 15.9. The predicted octanol–water partition coefficient (Wildman–Crippen LogP) is 1.65. The number of fused-ring (bicyclic) bond motifs is 1. The van der Waals surface area contributed by atoms with Crippen LogP contribution in [-0.2, 0) is 16.1 Å². The molecule has 0 bridgehead atoms. The minimum absolute atomic E-state index is 0.343. The maximum Gasteiger partial charge on any atom is 0.336 e. The third-order valence-corrected chi connectivity index (χ3v) is 3.66. The first kappa shape index (κ1) is 15.8. The summed E-state index contributed by atoms with van der Waals surface area (Å²) in [6.45, 7) is 5.05. The number of nitrogens with zero attached hydrogens (tertiary/aromatic N) is 1. The second kappa shape index (κ2) is 7.93. The number of hydrogen-bond acceptors (Lipinski definition) is 5. The monoisotopic (exact) mass is 313 g/mol. The Morgan fingerprint density at radius 3 is 2.83 bits per heavy atom. The summed E-state index contributed by atoms with van der Waals surface area (Å²) in [5.41, 5.74) is 1.20. The Bertz CT molecular complexity index is 766. The van der Waals surface area contributed by atoms with Gasteiger partial charge in [-0.05, 0) is 17.7 Å². The molecule has 5 nitrogen and oxygen atoms in total. The molecule has 5 heteroatoms. The molecule has 3 rings (SSSR count). The van der Waals surface area contributed by atoms with Crippen molar-refractivity contribution in [1.82, 2.24) is 4.90 Å². The first-order chi connectivity index (χ1) is 11.3. The summed E-state index contributed by atoms with van der Waals surface area (Å²) in [7, 11) is 0. The second-order valence-electron chi connectivity index (χ2n) is 5.36. The van der Waals surface area contributed by atoms with Crippen molar-refractivity contribution in [3.8, 4) is 11.8 Å². The van der Waals surface area contributed by atoms with Crippen molar-refractivity contribution < 1.29 is 13.9 Å². The summed E-state index contributed by atoms with van der Waals surface area (Å²) in [5, 5.41) is 0.902. The lowest BCUT2D eigenvalue weighted by Gasteiger charge is -2.24. The standard InChI is InChI=1S/C18H19NO4/c20-18-6-5-16-4-3-15(13-17(16)23-18)14-22-10-2-1-7-19-8-11-21-12-9-19/h3-6,13H,7-12,14H2. The molecule has 1 aromatic heterocycles. The minimum Gasteiger partial charge on any atom is -0.423 e. The van der Waals surface area contributed by atoms with Crippen LogP contribution in [0, 0.1) is 11.8 Å². The Labute approximate surface area is 134 Å². The fourth-order valence-corrected chi connectivity index (χ4v) is 2.39. The fraction of sp³-hybridized carbons (Fsp3) is 0.389. The summed E-state index contributed by atoms with van der Waals surface area (Å²) < 4.78 is 16.0. The van der Waals surface area contributed by atoms with E-state index in [4.69, 9.17) is 13.9 Å². The van der Waals surface area contributed by atoms with Gasteiger partial charge in [-0.2, -0.15) is 0 Å². The number of benzene rings is 1. The van der Waals surface area contributed by atoms with E-state index in [9.17, 15) is 4.79 Å². The van der Waals surface area contributed by atoms with Crippen LogP contribution in [0.25, 0.3) is 11.0 Å². The van der Waals surface area contributed by atoms with Gasteiger partial charge in [-0.15, -0.1) is 0 Å². The van der Waals surface area contributed by atoms with Crippen molar-refractivity contribution in [2.45, 2.75) is 6.61 Å². The zero-order valence-electron chi connectivity index (χ0n) is 12.9. The molecule has 120 valence electrons.